The van der Waals surface area contributed by atoms with Crippen LogP contribution in [0.25, 0.3) is 10.9 Å². The van der Waals surface area contributed by atoms with E-state index in [9.17, 15) is 23.1 Å². The normalized spacial score (nSPS) is 20.9. The summed E-state index contributed by atoms with van der Waals surface area (Å²) < 4.78 is 46.9. The van der Waals surface area contributed by atoms with Crippen LogP contribution in [0.2, 0.25) is 0 Å². The van der Waals surface area contributed by atoms with Gasteiger partial charge in [-0.2, -0.15) is 18.3 Å². The first kappa shape index (κ1) is 22.6. The van der Waals surface area contributed by atoms with Gasteiger partial charge >= 0.3 is 6.18 Å². The van der Waals surface area contributed by atoms with Crippen molar-refractivity contribution in [3.63, 3.8) is 0 Å². The van der Waals surface area contributed by atoms with E-state index in [0.717, 1.165) is 56.0 Å². The summed E-state index contributed by atoms with van der Waals surface area (Å²) in [6.45, 7) is 0.497. The van der Waals surface area contributed by atoms with E-state index in [1.807, 2.05) is 10.9 Å². The van der Waals surface area contributed by atoms with Gasteiger partial charge in [0.2, 0.25) is 0 Å². The molecule has 2 heterocycles. The number of fused-ring (bicyclic) bond motifs is 1. The van der Waals surface area contributed by atoms with E-state index in [1.165, 1.54) is 6.07 Å². The Morgan fingerprint density at radius 3 is 2.62 bits per heavy atom. The lowest BCUT2D eigenvalue weighted by Gasteiger charge is -2.25. The monoisotopic (exact) mass is 474 g/mol. The Balaban J connectivity index is 1.43. The van der Waals surface area contributed by atoms with Crippen molar-refractivity contribution < 1.29 is 27.8 Å². The van der Waals surface area contributed by atoms with Crippen molar-refractivity contribution in [2.75, 3.05) is 11.9 Å². The molecule has 0 spiro atoms. The summed E-state index contributed by atoms with van der Waals surface area (Å²) in [5.41, 5.74) is -0.401. The van der Waals surface area contributed by atoms with Crippen LogP contribution in [0.3, 0.4) is 0 Å². The molecule has 3 aromatic rings. The fourth-order valence-electron chi connectivity index (χ4n) is 4.20. The van der Waals surface area contributed by atoms with Crippen molar-refractivity contribution in [2.24, 2.45) is 5.92 Å². The van der Waals surface area contributed by atoms with Crippen LogP contribution in [0.5, 0.6) is 5.75 Å². The maximum absolute atomic E-state index is 13.0. The van der Waals surface area contributed by atoms with Crippen LogP contribution in [0.15, 0.2) is 36.5 Å². The van der Waals surface area contributed by atoms with Crippen LogP contribution in [0, 0.1) is 5.92 Å². The summed E-state index contributed by atoms with van der Waals surface area (Å²) in [6.07, 6.45) is 2.24. The lowest BCUT2D eigenvalue weighted by molar-refractivity contribution is -0.141. The summed E-state index contributed by atoms with van der Waals surface area (Å²) in [7, 11) is 0. The lowest BCUT2D eigenvalue weighted by atomic mass is 9.93. The highest BCUT2D eigenvalue weighted by molar-refractivity contribution is 6.05. The van der Waals surface area contributed by atoms with Gasteiger partial charge in [-0.25, -0.2) is 4.98 Å². The van der Waals surface area contributed by atoms with Crippen molar-refractivity contribution in [3.8, 4) is 5.75 Å². The van der Waals surface area contributed by atoms with Crippen LogP contribution in [-0.2, 0) is 6.18 Å². The number of anilines is 1. The number of aliphatic hydroxyl groups is 1. The third-order valence-corrected chi connectivity index (χ3v) is 6.36. The predicted molar refractivity (Wildman–Crippen MR) is 119 cm³/mol. The average Bonchev–Trinajstić information content (AvgIpc) is 3.55. The van der Waals surface area contributed by atoms with Gasteiger partial charge in [0.15, 0.2) is 0 Å². The molecule has 0 bridgehead atoms. The lowest BCUT2D eigenvalue weighted by Crippen LogP contribution is -2.21. The molecule has 34 heavy (non-hydrogen) atoms. The zero-order valence-corrected chi connectivity index (χ0v) is 18.4. The van der Waals surface area contributed by atoms with Gasteiger partial charge < -0.3 is 15.2 Å². The van der Waals surface area contributed by atoms with Crippen molar-refractivity contribution in [1.29, 1.82) is 0 Å². The number of amides is 1. The zero-order valence-electron chi connectivity index (χ0n) is 18.4. The summed E-state index contributed by atoms with van der Waals surface area (Å²) in [6, 6.07) is 6.88. The van der Waals surface area contributed by atoms with Gasteiger partial charge in [-0.3, -0.25) is 9.48 Å². The second-order valence-corrected chi connectivity index (χ2v) is 9.09. The standard InChI is InChI=1S/C24H25F3N4O3/c25-24(26,27)22-3-1-2-18(28-22)23(33)29-20-10-15-12-31(16-6-8-17(32)9-7-16)30-19(15)11-21(20)34-13-14-4-5-14/h1-3,10-12,14,16-17,32H,4-9,13H2,(H,29,33)/t16-,17-. The molecule has 1 aromatic carbocycles. The molecule has 7 nitrogen and oxygen atoms in total. The molecule has 0 saturated heterocycles. The number of halogens is 3. The molecule has 2 aliphatic carbocycles. The SMILES string of the molecule is O=C(Nc1cc2cn([C@H]3CC[C@H](O)CC3)nc2cc1OCC1CC1)c1cccc(C(F)(F)F)n1. The van der Waals surface area contributed by atoms with Gasteiger partial charge in [0.05, 0.1) is 30.0 Å². The Bertz CT molecular complexity index is 1200. The number of pyridine rings is 1. The minimum Gasteiger partial charge on any atom is -0.491 e. The second-order valence-electron chi connectivity index (χ2n) is 9.09. The molecule has 180 valence electrons. The molecule has 2 saturated carbocycles. The Morgan fingerprint density at radius 2 is 1.91 bits per heavy atom. The number of rotatable bonds is 6. The second kappa shape index (κ2) is 8.90. The zero-order chi connectivity index (χ0) is 23.9. The van der Waals surface area contributed by atoms with E-state index in [4.69, 9.17) is 4.74 Å². The Morgan fingerprint density at radius 1 is 1.15 bits per heavy atom. The molecular weight excluding hydrogens is 449 g/mol. The van der Waals surface area contributed by atoms with Crippen LogP contribution in [-0.4, -0.2) is 38.5 Å². The van der Waals surface area contributed by atoms with E-state index in [0.29, 0.717) is 29.5 Å². The predicted octanol–water partition coefficient (Wildman–Crippen LogP) is 4.97. The first-order chi connectivity index (χ1) is 16.3. The average molecular weight is 474 g/mol. The van der Waals surface area contributed by atoms with Gasteiger partial charge in [-0.1, -0.05) is 6.07 Å². The van der Waals surface area contributed by atoms with E-state index < -0.39 is 17.8 Å². The molecule has 5 rings (SSSR count). The molecule has 0 unspecified atom stereocenters. The third kappa shape index (κ3) is 5.01. The van der Waals surface area contributed by atoms with Crippen molar-refractivity contribution >= 4 is 22.5 Å². The highest BCUT2D eigenvalue weighted by Gasteiger charge is 2.33. The van der Waals surface area contributed by atoms with E-state index in [1.54, 1.807) is 12.1 Å². The highest BCUT2D eigenvalue weighted by Crippen LogP contribution is 2.36. The van der Waals surface area contributed by atoms with Crippen molar-refractivity contribution in [3.05, 3.63) is 47.9 Å². The van der Waals surface area contributed by atoms with Gasteiger partial charge in [-0.05, 0) is 62.6 Å². The number of carbonyl (C=O) groups excluding carboxylic acids is 1. The summed E-state index contributed by atoms with van der Waals surface area (Å²) in [4.78, 5) is 16.2. The molecule has 2 fully saturated rings. The number of hydrogen-bond donors (Lipinski definition) is 2. The molecule has 10 heteroatoms. The first-order valence-corrected chi connectivity index (χ1v) is 11.5. The van der Waals surface area contributed by atoms with E-state index >= 15 is 0 Å². The smallest absolute Gasteiger partial charge is 0.433 e. The van der Waals surface area contributed by atoms with Crippen LogP contribution in [0.1, 0.15) is 60.7 Å². The number of nitrogens with one attached hydrogen (secondary N) is 1. The highest BCUT2D eigenvalue weighted by atomic mass is 19.4. The number of benzene rings is 1. The summed E-state index contributed by atoms with van der Waals surface area (Å²) in [5, 5.41) is 17.9. The molecular formula is C24H25F3N4O3. The molecule has 2 N–H and O–H groups in total. The van der Waals surface area contributed by atoms with Crippen LogP contribution in [0.4, 0.5) is 18.9 Å². The van der Waals surface area contributed by atoms with Gasteiger partial charge in [0.1, 0.15) is 17.1 Å². The quantitative estimate of drug-likeness (QED) is 0.527. The summed E-state index contributed by atoms with van der Waals surface area (Å²) >= 11 is 0. The molecule has 2 aliphatic rings. The fraction of sp³-hybridized carbons (Fsp3) is 0.458. The third-order valence-electron chi connectivity index (χ3n) is 6.36. The number of alkyl halides is 3. The minimum atomic E-state index is -4.64. The number of ether oxygens (including phenoxy) is 1. The van der Waals surface area contributed by atoms with Crippen LogP contribution >= 0.6 is 0 Å². The number of aliphatic hydroxyl groups excluding tert-OH is 1. The van der Waals surface area contributed by atoms with Gasteiger partial charge in [-0.15, -0.1) is 0 Å². The number of hydrogen-bond acceptors (Lipinski definition) is 5. The topological polar surface area (TPSA) is 89.3 Å². The van der Waals surface area contributed by atoms with Gasteiger partial charge in [0.25, 0.3) is 5.91 Å². The van der Waals surface area contributed by atoms with E-state index in [2.05, 4.69) is 15.4 Å². The summed E-state index contributed by atoms with van der Waals surface area (Å²) in [5.74, 6) is 0.134. The molecule has 0 atom stereocenters. The fourth-order valence-corrected chi connectivity index (χ4v) is 4.20. The Hall–Kier alpha value is -3.14. The number of aromatic nitrogens is 3. The first-order valence-electron chi connectivity index (χ1n) is 11.5. The molecule has 0 radical (unpaired) electrons. The van der Waals surface area contributed by atoms with E-state index in [-0.39, 0.29) is 17.8 Å². The largest absolute Gasteiger partial charge is 0.491 e. The van der Waals surface area contributed by atoms with Crippen molar-refractivity contribution in [1.82, 2.24) is 14.8 Å². The minimum absolute atomic E-state index is 0.180. The molecule has 0 aliphatic heterocycles. The maximum atomic E-state index is 13.0. The van der Waals surface area contributed by atoms with Gasteiger partial charge in [0, 0.05) is 17.6 Å². The Kier molecular flexibility index (Phi) is 5.93. The Labute approximate surface area is 193 Å². The maximum Gasteiger partial charge on any atom is 0.433 e. The molecule has 2 aromatic heterocycles. The van der Waals surface area contributed by atoms with Crippen molar-refractivity contribution in [2.45, 2.75) is 56.8 Å². The van der Waals surface area contributed by atoms with Crippen LogP contribution < -0.4 is 10.1 Å². The number of nitrogens with zero attached hydrogens (tertiary/aromatic N) is 3. The molecule has 1 amide bonds. The number of carbonyl (C=O) groups is 1.